The van der Waals surface area contributed by atoms with Gasteiger partial charge in [-0.15, -0.1) is 0 Å². The van der Waals surface area contributed by atoms with Crippen LogP contribution in [0, 0.1) is 5.82 Å². The Morgan fingerprint density at radius 3 is 2.52 bits per heavy atom. The molecule has 2 aromatic rings. The number of para-hydroxylation sites is 1. The highest BCUT2D eigenvalue weighted by Gasteiger charge is 2.20. The summed E-state index contributed by atoms with van der Waals surface area (Å²) < 4.78 is 23.3. The summed E-state index contributed by atoms with van der Waals surface area (Å²) in [6.45, 7) is -0.773. The molecule has 8 heteroatoms. The molecule has 6 nitrogen and oxygen atoms in total. The smallest absolute Gasteiger partial charge is 0.343 e. The number of imide groups is 1. The number of hydrogen-bond acceptors (Lipinski definition) is 5. The van der Waals surface area contributed by atoms with Gasteiger partial charge in [-0.05, 0) is 24.3 Å². The lowest BCUT2D eigenvalue weighted by molar-refractivity contribution is -0.123. The van der Waals surface area contributed by atoms with Crippen molar-refractivity contribution in [3.8, 4) is 5.75 Å². The first-order chi connectivity index (χ1) is 11.9. The van der Waals surface area contributed by atoms with E-state index in [0.717, 1.165) is 6.07 Å². The van der Waals surface area contributed by atoms with Crippen LogP contribution in [0.1, 0.15) is 20.7 Å². The fourth-order valence-corrected chi connectivity index (χ4v) is 2.20. The van der Waals surface area contributed by atoms with Crippen molar-refractivity contribution in [1.29, 1.82) is 0 Å². The number of nitrogens with one attached hydrogen (secondary N) is 1. The van der Waals surface area contributed by atoms with E-state index in [1.54, 1.807) is 18.2 Å². The van der Waals surface area contributed by atoms with Crippen LogP contribution in [-0.2, 0) is 9.53 Å². The Bertz CT molecular complexity index is 804. The van der Waals surface area contributed by atoms with Crippen LogP contribution in [0.15, 0.2) is 42.5 Å². The van der Waals surface area contributed by atoms with E-state index < -0.39 is 35.8 Å². The monoisotopic (exact) mass is 365 g/mol. The average molecular weight is 366 g/mol. The number of rotatable bonds is 5. The molecule has 0 saturated carbocycles. The summed E-state index contributed by atoms with van der Waals surface area (Å²) in [6.07, 6.45) is 0. The van der Waals surface area contributed by atoms with Gasteiger partial charge in [0.1, 0.15) is 17.1 Å². The van der Waals surface area contributed by atoms with Crippen molar-refractivity contribution in [1.82, 2.24) is 5.32 Å². The first kappa shape index (κ1) is 18.4. The molecule has 25 heavy (non-hydrogen) atoms. The van der Waals surface area contributed by atoms with Crippen molar-refractivity contribution in [2.45, 2.75) is 0 Å². The number of benzene rings is 2. The molecule has 0 fully saturated rings. The molecule has 0 radical (unpaired) electrons. The van der Waals surface area contributed by atoms with Crippen LogP contribution in [0.2, 0.25) is 5.02 Å². The molecule has 2 amide bonds. The minimum atomic E-state index is -1.11. The number of ether oxygens (including phenoxy) is 2. The zero-order chi connectivity index (χ0) is 18.4. The number of hydrogen-bond donors (Lipinski definition) is 1. The van der Waals surface area contributed by atoms with Crippen LogP contribution < -0.4 is 10.1 Å². The Hall–Kier alpha value is -2.93. The van der Waals surface area contributed by atoms with E-state index in [1.165, 1.54) is 25.3 Å². The van der Waals surface area contributed by atoms with Gasteiger partial charge in [0.25, 0.3) is 11.8 Å². The molecule has 130 valence electrons. The Balaban J connectivity index is 1.97. The molecular formula is C17H13ClFNO5. The van der Waals surface area contributed by atoms with E-state index in [4.69, 9.17) is 16.3 Å². The lowest BCUT2D eigenvalue weighted by Gasteiger charge is -2.09. The van der Waals surface area contributed by atoms with Gasteiger partial charge < -0.3 is 9.47 Å². The Labute approximate surface area is 147 Å². The first-order valence-corrected chi connectivity index (χ1v) is 7.40. The van der Waals surface area contributed by atoms with Crippen molar-refractivity contribution >= 4 is 29.4 Å². The summed E-state index contributed by atoms with van der Waals surface area (Å²) in [6, 6.07) is 9.96. The van der Waals surface area contributed by atoms with Crippen LogP contribution in [0.4, 0.5) is 4.39 Å². The molecule has 0 bridgehead atoms. The molecular weight excluding hydrogens is 353 g/mol. The van der Waals surface area contributed by atoms with E-state index >= 15 is 0 Å². The summed E-state index contributed by atoms with van der Waals surface area (Å²) >= 11 is 5.73. The third-order valence-corrected chi connectivity index (χ3v) is 3.42. The van der Waals surface area contributed by atoms with Crippen molar-refractivity contribution in [2.24, 2.45) is 0 Å². The number of carbonyl (C=O) groups is 3. The molecule has 0 aliphatic carbocycles. The normalized spacial score (nSPS) is 10.0. The Morgan fingerprint density at radius 2 is 1.84 bits per heavy atom. The van der Waals surface area contributed by atoms with Gasteiger partial charge >= 0.3 is 5.97 Å². The number of esters is 1. The predicted octanol–water partition coefficient (Wildman–Crippen LogP) is 2.60. The van der Waals surface area contributed by atoms with Gasteiger partial charge in [0.05, 0.1) is 17.7 Å². The quantitative estimate of drug-likeness (QED) is 0.824. The van der Waals surface area contributed by atoms with Gasteiger partial charge in [-0.25, -0.2) is 9.18 Å². The molecule has 0 aromatic heterocycles. The molecule has 0 unspecified atom stereocenters. The van der Waals surface area contributed by atoms with Crippen LogP contribution in [0.5, 0.6) is 5.75 Å². The maximum absolute atomic E-state index is 13.6. The lowest BCUT2D eigenvalue weighted by Crippen LogP contribution is -2.34. The van der Waals surface area contributed by atoms with Crippen LogP contribution in [0.3, 0.4) is 0 Å². The van der Waals surface area contributed by atoms with Crippen molar-refractivity contribution < 1.29 is 28.2 Å². The lowest BCUT2D eigenvalue weighted by atomic mass is 10.2. The van der Waals surface area contributed by atoms with Crippen LogP contribution >= 0.6 is 11.6 Å². The standard InChI is InChI=1S/C17H13ClFNO5/c1-24-13-8-3-2-5-10(13)16(22)20-14(21)9-25-17(23)15-11(18)6-4-7-12(15)19/h2-8H,9H2,1H3,(H,20,21,22). The van der Waals surface area contributed by atoms with E-state index in [2.05, 4.69) is 4.74 Å². The molecule has 2 aromatic carbocycles. The minimum Gasteiger partial charge on any atom is -0.496 e. The summed E-state index contributed by atoms with van der Waals surface area (Å²) in [5.41, 5.74) is -0.338. The molecule has 0 atom stereocenters. The zero-order valence-electron chi connectivity index (χ0n) is 13.0. The average Bonchev–Trinajstić information content (AvgIpc) is 2.59. The molecule has 0 heterocycles. The van der Waals surface area contributed by atoms with E-state index in [-0.39, 0.29) is 16.3 Å². The maximum atomic E-state index is 13.6. The molecule has 1 N–H and O–H groups in total. The van der Waals surface area contributed by atoms with Crippen LogP contribution in [0.25, 0.3) is 0 Å². The third kappa shape index (κ3) is 4.54. The Morgan fingerprint density at radius 1 is 1.12 bits per heavy atom. The second-order valence-corrected chi connectivity index (χ2v) is 5.16. The topological polar surface area (TPSA) is 81.7 Å². The fraction of sp³-hybridized carbons (Fsp3) is 0.118. The number of carbonyl (C=O) groups excluding carboxylic acids is 3. The highest BCUT2D eigenvalue weighted by atomic mass is 35.5. The van der Waals surface area contributed by atoms with E-state index in [1.807, 2.05) is 5.32 Å². The molecule has 2 rings (SSSR count). The zero-order valence-corrected chi connectivity index (χ0v) is 13.8. The number of methoxy groups -OCH3 is 1. The van der Waals surface area contributed by atoms with Gasteiger partial charge in [0.2, 0.25) is 0 Å². The molecule has 0 spiro atoms. The fourth-order valence-electron chi connectivity index (χ4n) is 1.96. The van der Waals surface area contributed by atoms with Gasteiger partial charge in [0, 0.05) is 0 Å². The van der Waals surface area contributed by atoms with Crippen LogP contribution in [-0.4, -0.2) is 31.5 Å². The van der Waals surface area contributed by atoms with Gasteiger partial charge in [-0.1, -0.05) is 29.8 Å². The highest BCUT2D eigenvalue weighted by molar-refractivity contribution is 6.33. The first-order valence-electron chi connectivity index (χ1n) is 7.02. The molecule has 0 aliphatic heterocycles. The summed E-state index contributed by atoms with van der Waals surface area (Å²) in [7, 11) is 1.38. The second kappa shape index (κ2) is 8.25. The predicted molar refractivity (Wildman–Crippen MR) is 87.2 cm³/mol. The SMILES string of the molecule is COc1ccccc1C(=O)NC(=O)COC(=O)c1c(F)cccc1Cl. The molecule has 0 aliphatic rings. The minimum absolute atomic E-state index is 0.141. The maximum Gasteiger partial charge on any atom is 0.343 e. The van der Waals surface area contributed by atoms with Gasteiger partial charge in [-0.3, -0.25) is 14.9 Å². The van der Waals surface area contributed by atoms with Gasteiger partial charge in [-0.2, -0.15) is 0 Å². The Kier molecular flexibility index (Phi) is 6.08. The highest BCUT2D eigenvalue weighted by Crippen LogP contribution is 2.20. The summed E-state index contributed by atoms with van der Waals surface area (Å²) in [5.74, 6) is -3.30. The summed E-state index contributed by atoms with van der Waals surface area (Å²) in [4.78, 5) is 35.6. The number of halogens is 2. The second-order valence-electron chi connectivity index (χ2n) is 4.75. The van der Waals surface area contributed by atoms with Crippen molar-refractivity contribution in [2.75, 3.05) is 13.7 Å². The number of amides is 2. The van der Waals surface area contributed by atoms with Crippen molar-refractivity contribution in [3.63, 3.8) is 0 Å². The summed E-state index contributed by atoms with van der Waals surface area (Å²) in [5, 5.41) is 1.90. The van der Waals surface area contributed by atoms with E-state index in [9.17, 15) is 18.8 Å². The van der Waals surface area contributed by atoms with E-state index in [0.29, 0.717) is 0 Å². The molecule has 0 saturated heterocycles. The largest absolute Gasteiger partial charge is 0.496 e. The van der Waals surface area contributed by atoms with Gasteiger partial charge in [0.15, 0.2) is 6.61 Å². The van der Waals surface area contributed by atoms with Crippen molar-refractivity contribution in [3.05, 3.63) is 64.4 Å². The third-order valence-electron chi connectivity index (χ3n) is 3.11.